The van der Waals surface area contributed by atoms with Gasteiger partial charge >= 0.3 is 0 Å². The summed E-state index contributed by atoms with van der Waals surface area (Å²) >= 11 is 5.84. The Morgan fingerprint density at radius 3 is 2.91 bits per heavy atom. The highest BCUT2D eigenvalue weighted by atomic mass is 35.5. The minimum absolute atomic E-state index is 0.0350. The second kappa shape index (κ2) is 6.54. The molecule has 1 spiro atoms. The van der Waals surface area contributed by atoms with Crippen LogP contribution < -0.4 is 5.32 Å². The Labute approximate surface area is 135 Å². The number of methoxy groups -OCH3 is 1. The summed E-state index contributed by atoms with van der Waals surface area (Å²) in [5.74, 6) is -0.0350. The first-order valence-electron chi connectivity index (χ1n) is 7.56. The van der Waals surface area contributed by atoms with Gasteiger partial charge < -0.3 is 14.8 Å². The van der Waals surface area contributed by atoms with Gasteiger partial charge in [0.25, 0.3) is 0 Å². The Morgan fingerprint density at radius 1 is 1.50 bits per heavy atom. The number of amides is 1. The standard InChI is InChI=1S/C16H21ClN2O3/c1-21-14-9-19(11-16(14)7-2-8-22-16)10-15(20)18-13-5-3-12(17)4-6-13/h3-6,14H,2,7-11H2,1H3,(H,18,20)/t14-,16-/m1/s1. The number of anilines is 1. The Bertz CT molecular complexity index is 529. The largest absolute Gasteiger partial charge is 0.377 e. The van der Waals surface area contributed by atoms with E-state index in [4.69, 9.17) is 21.1 Å². The first-order chi connectivity index (χ1) is 10.6. The number of hydrogen-bond donors (Lipinski definition) is 1. The molecule has 2 fully saturated rings. The summed E-state index contributed by atoms with van der Waals surface area (Å²) in [5.41, 5.74) is 0.527. The third-order valence-corrected chi connectivity index (χ3v) is 4.67. The van der Waals surface area contributed by atoms with Crippen molar-refractivity contribution >= 4 is 23.2 Å². The van der Waals surface area contributed by atoms with Gasteiger partial charge in [-0.2, -0.15) is 0 Å². The fraction of sp³-hybridized carbons (Fsp3) is 0.562. The van der Waals surface area contributed by atoms with Crippen LogP contribution >= 0.6 is 11.6 Å². The molecule has 120 valence electrons. The van der Waals surface area contributed by atoms with Crippen LogP contribution in [-0.4, -0.2) is 55.9 Å². The van der Waals surface area contributed by atoms with Crippen molar-refractivity contribution in [3.8, 4) is 0 Å². The molecule has 1 N–H and O–H groups in total. The molecule has 0 radical (unpaired) electrons. The second-order valence-electron chi connectivity index (χ2n) is 5.97. The van der Waals surface area contributed by atoms with Crippen molar-refractivity contribution in [2.45, 2.75) is 24.5 Å². The lowest BCUT2D eigenvalue weighted by Crippen LogP contribution is -2.42. The lowest BCUT2D eigenvalue weighted by molar-refractivity contribution is -0.117. The zero-order valence-corrected chi connectivity index (χ0v) is 13.4. The first-order valence-corrected chi connectivity index (χ1v) is 7.94. The van der Waals surface area contributed by atoms with Crippen LogP contribution in [0.2, 0.25) is 5.02 Å². The number of carbonyl (C=O) groups is 1. The van der Waals surface area contributed by atoms with E-state index in [9.17, 15) is 4.79 Å². The van der Waals surface area contributed by atoms with Gasteiger partial charge in [-0.3, -0.25) is 9.69 Å². The van der Waals surface area contributed by atoms with Gasteiger partial charge in [0, 0.05) is 37.5 Å². The first kappa shape index (κ1) is 15.7. The number of likely N-dealkylation sites (tertiary alicyclic amines) is 1. The van der Waals surface area contributed by atoms with Gasteiger partial charge in [0.2, 0.25) is 5.91 Å². The van der Waals surface area contributed by atoms with Crippen molar-refractivity contribution in [1.29, 1.82) is 0 Å². The third kappa shape index (κ3) is 3.27. The van der Waals surface area contributed by atoms with Crippen molar-refractivity contribution in [2.75, 3.05) is 38.7 Å². The summed E-state index contributed by atoms with van der Waals surface area (Å²) in [6.07, 6.45) is 2.10. The summed E-state index contributed by atoms with van der Waals surface area (Å²) in [7, 11) is 1.71. The third-order valence-electron chi connectivity index (χ3n) is 4.42. The fourth-order valence-corrected chi connectivity index (χ4v) is 3.52. The van der Waals surface area contributed by atoms with Crippen LogP contribution in [0.5, 0.6) is 0 Å². The van der Waals surface area contributed by atoms with Gasteiger partial charge in [-0.1, -0.05) is 11.6 Å². The van der Waals surface area contributed by atoms with E-state index in [1.54, 1.807) is 31.4 Å². The molecule has 0 aromatic heterocycles. The molecule has 1 amide bonds. The number of nitrogens with one attached hydrogen (secondary N) is 1. The maximum atomic E-state index is 12.2. The van der Waals surface area contributed by atoms with Gasteiger partial charge in [0.1, 0.15) is 5.60 Å². The zero-order valence-electron chi connectivity index (χ0n) is 12.7. The van der Waals surface area contributed by atoms with E-state index in [1.807, 2.05) is 0 Å². The molecule has 0 unspecified atom stereocenters. The minimum atomic E-state index is -0.227. The molecule has 22 heavy (non-hydrogen) atoms. The molecule has 5 nitrogen and oxygen atoms in total. The molecular formula is C16H21ClN2O3. The van der Waals surface area contributed by atoms with Crippen LogP contribution in [0, 0.1) is 0 Å². The zero-order chi connectivity index (χ0) is 15.6. The van der Waals surface area contributed by atoms with Crippen molar-refractivity contribution in [3.05, 3.63) is 29.3 Å². The highest BCUT2D eigenvalue weighted by Gasteiger charge is 2.50. The number of halogens is 1. The number of carbonyl (C=O) groups excluding carboxylic acids is 1. The van der Waals surface area contributed by atoms with Crippen LogP contribution in [0.1, 0.15) is 12.8 Å². The highest BCUT2D eigenvalue weighted by Crippen LogP contribution is 2.36. The Kier molecular flexibility index (Phi) is 4.68. The van der Waals surface area contributed by atoms with Gasteiger partial charge in [0.05, 0.1) is 12.6 Å². The Balaban J connectivity index is 1.57. The van der Waals surface area contributed by atoms with Gasteiger partial charge in [-0.15, -0.1) is 0 Å². The number of ether oxygens (including phenoxy) is 2. The molecular weight excluding hydrogens is 304 g/mol. The van der Waals surface area contributed by atoms with Crippen LogP contribution in [0.3, 0.4) is 0 Å². The summed E-state index contributed by atoms with van der Waals surface area (Å²) in [5, 5.41) is 3.54. The van der Waals surface area contributed by atoms with E-state index < -0.39 is 0 Å². The van der Waals surface area contributed by atoms with Gasteiger partial charge in [-0.25, -0.2) is 0 Å². The van der Waals surface area contributed by atoms with E-state index in [1.165, 1.54) is 0 Å². The normalized spacial score (nSPS) is 28.4. The molecule has 6 heteroatoms. The summed E-state index contributed by atoms with van der Waals surface area (Å²) in [6.45, 7) is 2.60. The summed E-state index contributed by atoms with van der Waals surface area (Å²) < 4.78 is 11.5. The second-order valence-corrected chi connectivity index (χ2v) is 6.40. The van der Waals surface area contributed by atoms with Crippen LogP contribution in [-0.2, 0) is 14.3 Å². The van der Waals surface area contributed by atoms with Crippen molar-refractivity contribution in [1.82, 2.24) is 4.90 Å². The Hall–Kier alpha value is -1.14. The molecule has 1 aromatic carbocycles. The lowest BCUT2D eigenvalue weighted by atomic mass is 9.97. The molecule has 0 saturated carbocycles. The van der Waals surface area contributed by atoms with E-state index in [0.29, 0.717) is 11.6 Å². The highest BCUT2D eigenvalue weighted by molar-refractivity contribution is 6.30. The molecule has 1 aromatic rings. The maximum Gasteiger partial charge on any atom is 0.238 e. The maximum absolute atomic E-state index is 12.2. The number of nitrogens with zero attached hydrogens (tertiary/aromatic N) is 1. The molecule has 2 aliphatic rings. The topological polar surface area (TPSA) is 50.8 Å². The molecule has 0 bridgehead atoms. The fourth-order valence-electron chi connectivity index (χ4n) is 3.39. The van der Waals surface area contributed by atoms with E-state index >= 15 is 0 Å². The van der Waals surface area contributed by atoms with Crippen LogP contribution in [0.15, 0.2) is 24.3 Å². The van der Waals surface area contributed by atoms with E-state index in [-0.39, 0.29) is 17.6 Å². The summed E-state index contributed by atoms with van der Waals surface area (Å²) in [6, 6.07) is 7.11. The Morgan fingerprint density at radius 2 is 2.27 bits per heavy atom. The molecule has 2 saturated heterocycles. The van der Waals surface area contributed by atoms with Crippen molar-refractivity contribution in [2.24, 2.45) is 0 Å². The molecule has 3 rings (SSSR count). The minimum Gasteiger partial charge on any atom is -0.377 e. The van der Waals surface area contributed by atoms with Crippen molar-refractivity contribution in [3.63, 3.8) is 0 Å². The monoisotopic (exact) mass is 324 g/mol. The van der Waals surface area contributed by atoms with Crippen molar-refractivity contribution < 1.29 is 14.3 Å². The SMILES string of the molecule is CO[C@@H]1CN(CC(=O)Nc2ccc(Cl)cc2)C[C@]12CCCO2. The molecule has 2 aliphatic heterocycles. The molecule has 2 heterocycles. The van der Waals surface area contributed by atoms with E-state index in [0.717, 1.165) is 38.2 Å². The van der Waals surface area contributed by atoms with Crippen LogP contribution in [0.25, 0.3) is 0 Å². The van der Waals surface area contributed by atoms with Gasteiger partial charge in [0.15, 0.2) is 0 Å². The van der Waals surface area contributed by atoms with E-state index in [2.05, 4.69) is 10.2 Å². The molecule has 2 atom stereocenters. The average molecular weight is 325 g/mol. The number of rotatable bonds is 4. The predicted octanol–water partition coefficient (Wildman–Crippen LogP) is 2.16. The smallest absolute Gasteiger partial charge is 0.238 e. The average Bonchev–Trinajstić information content (AvgIpc) is 3.09. The number of benzene rings is 1. The van der Waals surface area contributed by atoms with Crippen LogP contribution in [0.4, 0.5) is 5.69 Å². The summed E-state index contributed by atoms with van der Waals surface area (Å²) in [4.78, 5) is 14.3. The molecule has 0 aliphatic carbocycles. The quantitative estimate of drug-likeness (QED) is 0.922. The van der Waals surface area contributed by atoms with Gasteiger partial charge in [-0.05, 0) is 37.1 Å². The number of hydrogen-bond acceptors (Lipinski definition) is 4. The predicted molar refractivity (Wildman–Crippen MR) is 85.2 cm³/mol. The lowest BCUT2D eigenvalue weighted by Gasteiger charge is -2.28.